The highest BCUT2D eigenvalue weighted by Gasteiger charge is 2.76. The Morgan fingerprint density at radius 2 is 1.62 bits per heavy atom. The molecule has 0 bridgehead atoms. The first kappa shape index (κ1) is 30.2. The van der Waals surface area contributed by atoms with Crippen LogP contribution in [0.25, 0.3) is 5.70 Å². The number of rotatable bonds is 6. The number of anilines is 1. The van der Waals surface area contributed by atoms with Gasteiger partial charge in [0.2, 0.25) is 0 Å². The lowest BCUT2D eigenvalue weighted by Crippen LogP contribution is -2.58. The summed E-state index contributed by atoms with van der Waals surface area (Å²) in [5, 5.41) is 0.875. The van der Waals surface area contributed by atoms with Gasteiger partial charge in [-0.2, -0.15) is 39.5 Å². The zero-order valence-electron chi connectivity index (χ0n) is 18.7. The molecule has 1 heterocycles. The first-order valence-electron chi connectivity index (χ1n) is 9.87. The van der Waals surface area contributed by atoms with Crippen LogP contribution in [0.2, 0.25) is 0 Å². The minimum absolute atomic E-state index is 0.00813. The van der Waals surface area contributed by atoms with Gasteiger partial charge >= 0.3 is 30.1 Å². The molecule has 1 aromatic rings. The van der Waals surface area contributed by atoms with Crippen molar-refractivity contribution in [2.24, 2.45) is 5.92 Å². The van der Waals surface area contributed by atoms with Gasteiger partial charge < -0.3 is 10.2 Å². The van der Waals surface area contributed by atoms with Crippen LogP contribution in [0.5, 0.6) is 0 Å². The van der Waals surface area contributed by atoms with Gasteiger partial charge in [0.05, 0.1) is 11.3 Å². The maximum absolute atomic E-state index is 14.6. The van der Waals surface area contributed by atoms with Crippen molar-refractivity contribution in [3.8, 4) is 0 Å². The summed E-state index contributed by atoms with van der Waals surface area (Å²) in [6, 6.07) is 2.31. The number of alkyl halides is 10. The zero-order valence-corrected chi connectivity index (χ0v) is 19.6. The predicted octanol–water partition coefficient (Wildman–Crippen LogP) is 5.99. The fourth-order valence-electron chi connectivity index (χ4n) is 3.72. The largest absolute Gasteiger partial charge is 0.432 e. The Kier molecular flexibility index (Phi) is 8.18. The number of carbonyl (C=O) groups excluding carboxylic acids is 2. The third-order valence-corrected chi connectivity index (χ3v) is 5.69. The first-order valence-corrected chi connectivity index (χ1v) is 10.3. The number of thiol groups is 1. The Morgan fingerprint density at radius 1 is 1.08 bits per heavy atom. The summed E-state index contributed by atoms with van der Waals surface area (Å²) < 4.78 is 136. The van der Waals surface area contributed by atoms with Gasteiger partial charge in [0.15, 0.2) is 0 Å². The van der Waals surface area contributed by atoms with E-state index >= 15 is 0 Å². The first-order chi connectivity index (χ1) is 16.6. The van der Waals surface area contributed by atoms with Crippen molar-refractivity contribution in [1.82, 2.24) is 9.88 Å². The highest BCUT2D eigenvalue weighted by atomic mass is 32.1. The zero-order chi connectivity index (χ0) is 28.7. The number of nitrogens with one attached hydrogen (secondary N) is 1. The maximum atomic E-state index is 14.6. The van der Waals surface area contributed by atoms with E-state index in [2.05, 4.69) is 29.5 Å². The smallest absolute Gasteiger partial charge is 0.344 e. The van der Waals surface area contributed by atoms with Crippen molar-refractivity contribution in [1.29, 1.82) is 0 Å². The van der Waals surface area contributed by atoms with Crippen molar-refractivity contribution in [3.05, 3.63) is 53.4 Å². The second-order valence-electron chi connectivity index (χ2n) is 7.89. The van der Waals surface area contributed by atoms with E-state index in [-0.39, 0.29) is 23.2 Å². The Hall–Kier alpha value is -3.04. The number of nitrogens with zero attached hydrogens (tertiary/aromatic N) is 2. The second kappa shape index (κ2) is 10.0. The number of amides is 1. The number of aromatic nitrogens is 1. The highest BCUT2D eigenvalue weighted by Crippen LogP contribution is 2.55. The molecule has 204 valence electrons. The van der Waals surface area contributed by atoms with E-state index < -0.39 is 64.4 Å². The van der Waals surface area contributed by atoms with Gasteiger partial charge in [-0.3, -0.25) is 9.59 Å². The van der Waals surface area contributed by atoms with E-state index in [1.54, 1.807) is 0 Å². The quantitative estimate of drug-likeness (QED) is 0.253. The van der Waals surface area contributed by atoms with E-state index in [1.807, 2.05) is 0 Å². The van der Waals surface area contributed by atoms with E-state index in [0.29, 0.717) is 0 Å². The molecule has 37 heavy (non-hydrogen) atoms. The van der Waals surface area contributed by atoms with Gasteiger partial charge in [-0.05, 0) is 31.1 Å². The molecule has 0 fully saturated rings. The van der Waals surface area contributed by atoms with Crippen LogP contribution in [0.15, 0.2) is 47.8 Å². The molecule has 1 unspecified atom stereocenters. The van der Waals surface area contributed by atoms with Crippen LogP contribution in [0, 0.1) is 5.92 Å². The van der Waals surface area contributed by atoms with Gasteiger partial charge in [0.1, 0.15) is 5.82 Å². The van der Waals surface area contributed by atoms with Crippen molar-refractivity contribution in [2.45, 2.75) is 37.5 Å². The Labute approximate surface area is 208 Å². The Bertz CT molecular complexity index is 1150. The third-order valence-electron chi connectivity index (χ3n) is 5.48. The molecule has 16 heteroatoms. The molecule has 0 saturated carbocycles. The number of hydrogen-bond acceptors (Lipinski definition) is 4. The molecule has 0 aliphatic heterocycles. The Balaban J connectivity index is 2.57. The second-order valence-corrected chi connectivity index (χ2v) is 8.29. The molecular weight excluding hydrogens is 548 g/mol. The van der Waals surface area contributed by atoms with Crippen LogP contribution >= 0.6 is 12.6 Å². The molecule has 1 aliphatic carbocycles. The van der Waals surface area contributed by atoms with Crippen LogP contribution in [0.1, 0.15) is 18.9 Å². The standard InChI is InChI=1S/C21H17F10N3O2S/c1-9-6-12(18(22,20(26,27)28)21(29,30)31)8-13(19(23,24)25)15(9)34(3)10(2)11-4-5-32-14(7-11)33-16(35)17(36)37/h4-7,12H,2,8H2,1,3H3,(H,36,37)(H,32,33,35). The van der Waals surface area contributed by atoms with Gasteiger partial charge in [-0.25, -0.2) is 9.37 Å². The number of hydrogen-bond donors (Lipinski definition) is 2. The van der Waals surface area contributed by atoms with E-state index in [9.17, 15) is 53.5 Å². The molecule has 1 amide bonds. The lowest BCUT2D eigenvalue weighted by molar-refractivity contribution is -0.353. The number of allylic oxidation sites excluding steroid dienone is 3. The number of carbonyl (C=O) groups is 2. The summed E-state index contributed by atoms with van der Waals surface area (Å²) in [7, 11) is 1.01. The molecule has 1 atom stereocenters. The Morgan fingerprint density at radius 3 is 2.08 bits per heavy atom. The number of likely N-dealkylation sites (N-methyl/N-ethyl adjacent to an activating group) is 1. The summed E-state index contributed by atoms with van der Waals surface area (Å²) >= 11 is 3.31. The third kappa shape index (κ3) is 5.93. The number of pyridine rings is 1. The molecule has 1 N–H and O–H groups in total. The van der Waals surface area contributed by atoms with Crippen LogP contribution in [-0.2, 0) is 9.59 Å². The lowest BCUT2D eigenvalue weighted by Gasteiger charge is -2.40. The normalized spacial score (nSPS) is 17.3. The van der Waals surface area contributed by atoms with Gasteiger partial charge in [-0.1, -0.05) is 25.3 Å². The fourth-order valence-corrected chi connectivity index (χ4v) is 3.78. The lowest BCUT2D eigenvalue weighted by atomic mass is 9.77. The summed E-state index contributed by atoms with van der Waals surface area (Å²) in [5.41, 5.74) is -9.58. The summed E-state index contributed by atoms with van der Waals surface area (Å²) in [5.74, 6) is -4.68. The van der Waals surface area contributed by atoms with Crippen LogP contribution < -0.4 is 5.32 Å². The van der Waals surface area contributed by atoms with Crippen molar-refractivity contribution >= 4 is 35.2 Å². The summed E-state index contributed by atoms with van der Waals surface area (Å²) in [6.45, 7) is 4.40. The molecule has 1 aliphatic rings. The average molecular weight is 565 g/mol. The van der Waals surface area contributed by atoms with Crippen LogP contribution in [-0.4, -0.2) is 52.2 Å². The van der Waals surface area contributed by atoms with E-state index in [1.165, 1.54) is 6.07 Å². The molecular formula is C21H17F10N3O2S. The number of halogens is 10. The van der Waals surface area contributed by atoms with Crippen molar-refractivity contribution in [2.75, 3.05) is 12.4 Å². The van der Waals surface area contributed by atoms with E-state index in [0.717, 1.165) is 31.1 Å². The summed E-state index contributed by atoms with van der Waals surface area (Å²) in [6.07, 6.45) is -19.3. The molecule has 0 spiro atoms. The minimum atomic E-state index is -6.55. The molecule has 0 aromatic carbocycles. The fraction of sp³-hybridized carbons (Fsp3) is 0.381. The average Bonchev–Trinajstić information content (AvgIpc) is 2.74. The SMILES string of the molecule is C=C(c1ccnc(NC(=O)C(=O)S)c1)N(C)C1=C(C(F)(F)F)CC(C(F)(C(F)(F)F)C(F)(F)F)C=C1C. The van der Waals surface area contributed by atoms with Gasteiger partial charge in [0.25, 0.3) is 5.12 Å². The minimum Gasteiger partial charge on any atom is -0.344 e. The molecule has 2 rings (SSSR count). The van der Waals surface area contributed by atoms with Crippen molar-refractivity contribution in [3.63, 3.8) is 0 Å². The van der Waals surface area contributed by atoms with Crippen molar-refractivity contribution < 1.29 is 53.5 Å². The monoisotopic (exact) mass is 565 g/mol. The molecule has 5 nitrogen and oxygen atoms in total. The molecule has 1 aromatic heterocycles. The van der Waals surface area contributed by atoms with E-state index in [4.69, 9.17) is 0 Å². The van der Waals surface area contributed by atoms with Gasteiger partial charge in [0, 0.05) is 30.4 Å². The topological polar surface area (TPSA) is 62.3 Å². The molecule has 0 saturated heterocycles. The van der Waals surface area contributed by atoms with Gasteiger partial charge in [-0.15, -0.1) is 0 Å². The van der Waals surface area contributed by atoms with Crippen LogP contribution in [0.3, 0.4) is 0 Å². The van der Waals surface area contributed by atoms with Crippen LogP contribution in [0.4, 0.5) is 49.7 Å². The summed E-state index contributed by atoms with van der Waals surface area (Å²) in [4.78, 5) is 26.9. The highest BCUT2D eigenvalue weighted by molar-refractivity contribution is 7.98. The maximum Gasteiger partial charge on any atom is 0.432 e. The predicted molar refractivity (Wildman–Crippen MR) is 115 cm³/mol. The molecule has 0 radical (unpaired) electrons.